The zero-order chi connectivity index (χ0) is 18.2. The van der Waals surface area contributed by atoms with Gasteiger partial charge in [0.15, 0.2) is 0 Å². The van der Waals surface area contributed by atoms with E-state index in [9.17, 15) is 9.59 Å². The van der Waals surface area contributed by atoms with Crippen LogP contribution < -0.4 is 9.47 Å². The third-order valence-corrected chi connectivity index (χ3v) is 4.73. The van der Waals surface area contributed by atoms with Crippen LogP contribution in [0, 0.1) is 0 Å². The number of carbonyl (C=O) groups is 2. The molecule has 0 aromatic heterocycles. The fourth-order valence-corrected chi connectivity index (χ4v) is 3.38. The first-order valence-electron chi connectivity index (χ1n) is 8.77. The molecule has 1 N–H and O–H groups in total. The number of methoxy groups -OCH3 is 2. The van der Waals surface area contributed by atoms with Gasteiger partial charge >= 0.3 is 5.97 Å². The number of amides is 1. The van der Waals surface area contributed by atoms with Crippen LogP contribution in [-0.2, 0) is 16.0 Å². The van der Waals surface area contributed by atoms with Crippen LogP contribution in [0.1, 0.15) is 44.1 Å². The molecule has 1 unspecified atom stereocenters. The SMILES string of the molecule is COc1ccc(OC)c(CCC(=O)N2CCCCC2CCC(=O)O)c1. The topological polar surface area (TPSA) is 76.1 Å². The van der Waals surface area contributed by atoms with E-state index in [1.54, 1.807) is 14.2 Å². The Labute approximate surface area is 148 Å². The lowest BCUT2D eigenvalue weighted by molar-refractivity contribution is -0.140. The van der Waals surface area contributed by atoms with Gasteiger partial charge < -0.3 is 19.5 Å². The monoisotopic (exact) mass is 349 g/mol. The number of ether oxygens (including phenoxy) is 2. The summed E-state index contributed by atoms with van der Waals surface area (Å²) in [5.74, 6) is 0.759. The minimum atomic E-state index is -0.806. The van der Waals surface area contributed by atoms with Crippen LogP contribution in [0.25, 0.3) is 0 Å². The highest BCUT2D eigenvalue weighted by molar-refractivity contribution is 5.77. The predicted octanol–water partition coefficient (Wildman–Crippen LogP) is 2.88. The van der Waals surface area contributed by atoms with Crippen molar-refractivity contribution in [3.63, 3.8) is 0 Å². The summed E-state index contributed by atoms with van der Waals surface area (Å²) >= 11 is 0. The average molecular weight is 349 g/mol. The van der Waals surface area contributed by atoms with Crippen LogP contribution in [0.4, 0.5) is 0 Å². The number of nitrogens with zero attached hydrogens (tertiary/aromatic N) is 1. The smallest absolute Gasteiger partial charge is 0.303 e. The van der Waals surface area contributed by atoms with E-state index in [4.69, 9.17) is 14.6 Å². The zero-order valence-corrected chi connectivity index (χ0v) is 15.0. The Morgan fingerprint density at radius 3 is 2.68 bits per heavy atom. The number of aryl methyl sites for hydroxylation is 1. The molecular weight excluding hydrogens is 322 g/mol. The van der Waals surface area contributed by atoms with E-state index in [-0.39, 0.29) is 18.4 Å². The van der Waals surface area contributed by atoms with Gasteiger partial charge in [-0.2, -0.15) is 0 Å². The molecule has 0 aliphatic carbocycles. The van der Waals surface area contributed by atoms with Crippen molar-refractivity contribution < 1.29 is 24.2 Å². The Morgan fingerprint density at radius 2 is 2.00 bits per heavy atom. The number of carboxylic acids is 1. The predicted molar refractivity (Wildman–Crippen MR) is 94.1 cm³/mol. The van der Waals surface area contributed by atoms with E-state index in [1.807, 2.05) is 23.1 Å². The quantitative estimate of drug-likeness (QED) is 0.781. The zero-order valence-electron chi connectivity index (χ0n) is 15.0. The molecule has 1 aromatic rings. The summed E-state index contributed by atoms with van der Waals surface area (Å²) in [4.78, 5) is 25.4. The van der Waals surface area contributed by atoms with E-state index in [2.05, 4.69) is 0 Å². The molecule has 0 saturated carbocycles. The summed E-state index contributed by atoms with van der Waals surface area (Å²) in [5, 5.41) is 8.90. The Morgan fingerprint density at radius 1 is 1.20 bits per heavy atom. The number of hydrogen-bond donors (Lipinski definition) is 1. The number of carbonyl (C=O) groups excluding carboxylic acids is 1. The second kappa shape index (κ2) is 9.30. The molecule has 0 bridgehead atoms. The van der Waals surface area contributed by atoms with Crippen LogP contribution >= 0.6 is 0 Å². The minimum Gasteiger partial charge on any atom is -0.497 e. The van der Waals surface area contributed by atoms with Gasteiger partial charge in [0.1, 0.15) is 11.5 Å². The first-order valence-corrected chi connectivity index (χ1v) is 8.77. The molecule has 1 aromatic carbocycles. The molecular formula is C19H27NO5. The summed E-state index contributed by atoms with van der Waals surface area (Å²) < 4.78 is 10.6. The third-order valence-electron chi connectivity index (χ3n) is 4.73. The van der Waals surface area contributed by atoms with Gasteiger partial charge in [-0.25, -0.2) is 0 Å². The van der Waals surface area contributed by atoms with Crippen molar-refractivity contribution in [1.29, 1.82) is 0 Å². The molecule has 2 rings (SSSR count). The van der Waals surface area contributed by atoms with Crippen molar-refractivity contribution in [1.82, 2.24) is 4.90 Å². The minimum absolute atomic E-state index is 0.0459. The molecule has 1 aliphatic rings. The molecule has 6 nitrogen and oxygen atoms in total. The maximum atomic E-state index is 12.7. The largest absolute Gasteiger partial charge is 0.497 e. The molecule has 25 heavy (non-hydrogen) atoms. The molecule has 6 heteroatoms. The first-order chi connectivity index (χ1) is 12.0. The van der Waals surface area contributed by atoms with E-state index < -0.39 is 5.97 Å². The van der Waals surface area contributed by atoms with Crippen LogP contribution in [0.15, 0.2) is 18.2 Å². The van der Waals surface area contributed by atoms with E-state index in [1.165, 1.54) is 0 Å². The molecule has 1 fully saturated rings. The fraction of sp³-hybridized carbons (Fsp3) is 0.579. The van der Waals surface area contributed by atoms with Crippen molar-refractivity contribution in [2.24, 2.45) is 0 Å². The molecule has 1 heterocycles. The Hall–Kier alpha value is -2.24. The van der Waals surface area contributed by atoms with Crippen molar-refractivity contribution in [2.75, 3.05) is 20.8 Å². The summed E-state index contributed by atoms with van der Waals surface area (Å²) in [6.45, 7) is 0.721. The highest BCUT2D eigenvalue weighted by Gasteiger charge is 2.26. The molecule has 0 radical (unpaired) electrons. The number of hydrogen-bond acceptors (Lipinski definition) is 4. The molecule has 1 amide bonds. The van der Waals surface area contributed by atoms with Gasteiger partial charge in [0.05, 0.1) is 14.2 Å². The molecule has 1 aliphatic heterocycles. The number of rotatable bonds is 8. The maximum Gasteiger partial charge on any atom is 0.303 e. The highest BCUT2D eigenvalue weighted by atomic mass is 16.5. The lowest BCUT2D eigenvalue weighted by Crippen LogP contribution is -2.44. The van der Waals surface area contributed by atoms with Gasteiger partial charge in [0, 0.05) is 25.4 Å². The number of carboxylic acid groups (broad SMARTS) is 1. The lowest BCUT2D eigenvalue weighted by Gasteiger charge is -2.36. The summed E-state index contributed by atoms with van der Waals surface area (Å²) in [7, 11) is 3.22. The first kappa shape index (κ1) is 19.1. The van der Waals surface area contributed by atoms with Crippen molar-refractivity contribution >= 4 is 11.9 Å². The van der Waals surface area contributed by atoms with Crippen LogP contribution in [0.2, 0.25) is 0 Å². The number of benzene rings is 1. The molecule has 138 valence electrons. The van der Waals surface area contributed by atoms with Gasteiger partial charge in [-0.05, 0) is 55.9 Å². The lowest BCUT2D eigenvalue weighted by atomic mass is 9.97. The molecule has 1 saturated heterocycles. The van der Waals surface area contributed by atoms with Crippen molar-refractivity contribution in [3.05, 3.63) is 23.8 Å². The van der Waals surface area contributed by atoms with Crippen LogP contribution in [0.5, 0.6) is 11.5 Å². The second-order valence-corrected chi connectivity index (χ2v) is 6.35. The third kappa shape index (κ3) is 5.37. The maximum absolute atomic E-state index is 12.7. The highest BCUT2D eigenvalue weighted by Crippen LogP contribution is 2.26. The Kier molecular flexibility index (Phi) is 7.10. The van der Waals surface area contributed by atoms with E-state index in [0.29, 0.717) is 19.3 Å². The van der Waals surface area contributed by atoms with Gasteiger partial charge in [0.2, 0.25) is 5.91 Å². The van der Waals surface area contributed by atoms with E-state index in [0.717, 1.165) is 42.9 Å². The van der Waals surface area contributed by atoms with Gasteiger partial charge in [-0.3, -0.25) is 9.59 Å². The number of likely N-dealkylation sites (tertiary alicyclic amines) is 1. The summed E-state index contributed by atoms with van der Waals surface area (Å²) in [6, 6.07) is 5.61. The van der Waals surface area contributed by atoms with Gasteiger partial charge in [-0.15, -0.1) is 0 Å². The van der Waals surface area contributed by atoms with Crippen molar-refractivity contribution in [3.8, 4) is 11.5 Å². The summed E-state index contributed by atoms with van der Waals surface area (Å²) in [5.41, 5.74) is 0.939. The Bertz CT molecular complexity index is 601. The van der Waals surface area contributed by atoms with Gasteiger partial charge in [-0.1, -0.05) is 0 Å². The fourth-order valence-electron chi connectivity index (χ4n) is 3.38. The molecule has 1 atom stereocenters. The Balaban J connectivity index is 1.99. The van der Waals surface area contributed by atoms with Crippen LogP contribution in [0.3, 0.4) is 0 Å². The normalized spacial score (nSPS) is 17.2. The standard InChI is InChI=1S/C19H27NO5/c1-24-16-8-9-17(25-2)14(13-16)6-10-18(21)20-12-4-3-5-15(20)7-11-19(22)23/h8-9,13,15H,3-7,10-12H2,1-2H3,(H,22,23). The second-order valence-electron chi connectivity index (χ2n) is 6.35. The number of piperidine rings is 1. The average Bonchev–Trinajstić information content (AvgIpc) is 2.64. The summed E-state index contributed by atoms with van der Waals surface area (Å²) in [6.07, 6.45) is 4.52. The number of aliphatic carboxylic acids is 1. The van der Waals surface area contributed by atoms with E-state index >= 15 is 0 Å². The van der Waals surface area contributed by atoms with Gasteiger partial charge in [0.25, 0.3) is 0 Å². The van der Waals surface area contributed by atoms with Crippen LogP contribution in [-0.4, -0.2) is 48.7 Å². The van der Waals surface area contributed by atoms with Crippen molar-refractivity contribution in [2.45, 2.75) is 51.0 Å². The molecule has 0 spiro atoms.